The largest absolute Gasteiger partial charge is 0.382 e. The molecule has 2 aliphatic heterocycles. The summed E-state index contributed by atoms with van der Waals surface area (Å²) < 4.78 is 13.9. The van der Waals surface area contributed by atoms with Crippen LogP contribution in [0.3, 0.4) is 0 Å². The van der Waals surface area contributed by atoms with Gasteiger partial charge in [-0.1, -0.05) is 0 Å². The maximum absolute atomic E-state index is 13.9. The zero-order valence-electron chi connectivity index (χ0n) is 14.3. The van der Waals surface area contributed by atoms with Crippen LogP contribution in [0.4, 0.5) is 10.1 Å². The van der Waals surface area contributed by atoms with Crippen LogP contribution in [0.25, 0.3) is 0 Å². The fourth-order valence-corrected chi connectivity index (χ4v) is 4.57. The van der Waals surface area contributed by atoms with Crippen molar-refractivity contribution in [2.24, 2.45) is 11.7 Å². The lowest BCUT2D eigenvalue weighted by atomic mass is 9.84. The van der Waals surface area contributed by atoms with Gasteiger partial charge in [-0.05, 0) is 88.5 Å². The van der Waals surface area contributed by atoms with Gasteiger partial charge in [0.1, 0.15) is 11.5 Å². The molecule has 2 fully saturated rings. The summed E-state index contributed by atoms with van der Waals surface area (Å²) in [6, 6.07) is 3.67. The summed E-state index contributed by atoms with van der Waals surface area (Å²) in [6.45, 7) is 3.41. The lowest BCUT2D eigenvalue weighted by molar-refractivity contribution is 0.186. The van der Waals surface area contributed by atoms with E-state index in [1.54, 1.807) is 6.07 Å². The molecular formula is C19H28FN3O. The van der Waals surface area contributed by atoms with Gasteiger partial charge < -0.3 is 15.5 Å². The number of halogens is 1. The average molecular weight is 333 g/mol. The number of nitrogens with two attached hydrogens (primary N) is 1. The van der Waals surface area contributed by atoms with Crippen molar-refractivity contribution in [3.05, 3.63) is 23.5 Å². The van der Waals surface area contributed by atoms with Gasteiger partial charge in [-0.25, -0.2) is 9.87 Å². The Morgan fingerprint density at radius 3 is 2.62 bits per heavy atom. The highest BCUT2D eigenvalue weighted by atomic mass is 19.1. The molecule has 2 heterocycles. The molecule has 0 amide bonds. The molecule has 4 rings (SSSR count). The highest BCUT2D eigenvalue weighted by Gasteiger charge is 2.31. The van der Waals surface area contributed by atoms with Crippen molar-refractivity contribution < 1.29 is 9.23 Å². The Morgan fingerprint density at radius 2 is 1.88 bits per heavy atom. The zero-order chi connectivity index (χ0) is 16.5. The standard InChI is InChI=1S/C19H28FN3O/c20-16-5-6-17-18(19(16)22-24-17)14-8-11-23(12-9-14)10-7-13-1-3-15(21)4-2-13/h5-6,13-15,22H,1-4,7-12,21H2/t13-,15-. The summed E-state index contributed by atoms with van der Waals surface area (Å²) in [5, 5.41) is 0. The number of hydrogen-bond donors (Lipinski definition) is 2. The number of benzene rings is 1. The lowest BCUT2D eigenvalue weighted by Gasteiger charge is -2.34. The summed E-state index contributed by atoms with van der Waals surface area (Å²) in [6.07, 6.45) is 8.48. The number of nitrogens with zero attached hydrogens (tertiary/aromatic N) is 1. The highest BCUT2D eigenvalue weighted by Crippen LogP contribution is 2.44. The second-order valence-electron chi connectivity index (χ2n) is 7.72. The first-order valence-corrected chi connectivity index (χ1v) is 9.44. The van der Waals surface area contributed by atoms with Gasteiger partial charge in [0, 0.05) is 11.6 Å². The van der Waals surface area contributed by atoms with E-state index in [2.05, 4.69) is 10.4 Å². The van der Waals surface area contributed by atoms with E-state index in [0.717, 1.165) is 43.2 Å². The Hall–Kier alpha value is -1.33. The smallest absolute Gasteiger partial charge is 0.160 e. The van der Waals surface area contributed by atoms with E-state index in [1.165, 1.54) is 44.7 Å². The normalized spacial score (nSPS) is 27.8. The van der Waals surface area contributed by atoms with Crippen LogP contribution in [0.15, 0.2) is 12.1 Å². The van der Waals surface area contributed by atoms with Crippen LogP contribution in [-0.2, 0) is 0 Å². The van der Waals surface area contributed by atoms with E-state index in [9.17, 15) is 4.39 Å². The summed E-state index contributed by atoms with van der Waals surface area (Å²) in [5.74, 6) is 1.88. The van der Waals surface area contributed by atoms with Crippen molar-refractivity contribution in [3.8, 4) is 5.75 Å². The molecule has 3 aliphatic rings. The minimum Gasteiger partial charge on any atom is -0.382 e. The number of piperidine rings is 1. The molecule has 0 atom stereocenters. The van der Waals surface area contributed by atoms with Crippen molar-refractivity contribution in [2.75, 3.05) is 25.1 Å². The van der Waals surface area contributed by atoms with Crippen molar-refractivity contribution >= 4 is 5.69 Å². The van der Waals surface area contributed by atoms with Gasteiger partial charge in [0.05, 0.1) is 0 Å². The molecule has 0 spiro atoms. The monoisotopic (exact) mass is 333 g/mol. The van der Waals surface area contributed by atoms with Crippen LogP contribution in [0, 0.1) is 11.7 Å². The van der Waals surface area contributed by atoms with Gasteiger partial charge >= 0.3 is 0 Å². The Morgan fingerprint density at radius 1 is 1.12 bits per heavy atom. The Balaban J connectivity index is 1.28. The molecule has 1 aromatic rings. The van der Waals surface area contributed by atoms with E-state index in [0.29, 0.717) is 17.6 Å². The van der Waals surface area contributed by atoms with Crippen LogP contribution >= 0.6 is 0 Å². The van der Waals surface area contributed by atoms with Crippen LogP contribution < -0.4 is 16.1 Å². The number of likely N-dealkylation sites (tertiary alicyclic amines) is 1. The van der Waals surface area contributed by atoms with Gasteiger partial charge in [-0.15, -0.1) is 0 Å². The minimum atomic E-state index is -0.204. The molecule has 0 aromatic heterocycles. The number of fused-ring (bicyclic) bond motifs is 2. The third-order valence-corrected chi connectivity index (χ3v) is 6.16. The lowest BCUT2D eigenvalue weighted by Crippen LogP contribution is -2.35. The Labute approximate surface area is 143 Å². The van der Waals surface area contributed by atoms with Gasteiger partial charge in [0.25, 0.3) is 0 Å². The number of rotatable bonds is 4. The molecule has 1 saturated carbocycles. The van der Waals surface area contributed by atoms with Crippen molar-refractivity contribution in [3.63, 3.8) is 0 Å². The molecule has 2 bridgehead atoms. The quantitative estimate of drug-likeness (QED) is 0.883. The summed E-state index contributed by atoms with van der Waals surface area (Å²) >= 11 is 0. The van der Waals surface area contributed by atoms with E-state index in [1.807, 2.05) is 0 Å². The predicted molar refractivity (Wildman–Crippen MR) is 93.6 cm³/mol. The molecule has 132 valence electrons. The SMILES string of the molecule is N[C@H]1CC[C@H](CCN2CCC(c3c4ccc(F)c3NO4)CC2)CC1. The average Bonchev–Trinajstić information content (AvgIpc) is 2.94. The molecule has 4 nitrogen and oxygen atoms in total. The maximum atomic E-state index is 13.9. The van der Waals surface area contributed by atoms with Crippen LogP contribution in [0.1, 0.15) is 56.4 Å². The highest BCUT2D eigenvalue weighted by molar-refractivity contribution is 5.63. The molecule has 0 radical (unpaired) electrons. The van der Waals surface area contributed by atoms with E-state index in [4.69, 9.17) is 10.6 Å². The fraction of sp³-hybridized carbons (Fsp3) is 0.684. The maximum Gasteiger partial charge on any atom is 0.160 e. The van der Waals surface area contributed by atoms with Crippen molar-refractivity contribution in [1.29, 1.82) is 0 Å². The Kier molecular flexibility index (Phi) is 4.63. The summed E-state index contributed by atoms with van der Waals surface area (Å²) in [5.41, 5.74) is 10.3. The molecule has 5 heteroatoms. The van der Waals surface area contributed by atoms with E-state index >= 15 is 0 Å². The summed E-state index contributed by atoms with van der Waals surface area (Å²) in [7, 11) is 0. The molecule has 1 aromatic carbocycles. The van der Waals surface area contributed by atoms with Gasteiger partial charge in [0.2, 0.25) is 0 Å². The second-order valence-corrected chi connectivity index (χ2v) is 7.72. The van der Waals surface area contributed by atoms with E-state index < -0.39 is 0 Å². The molecule has 0 unspecified atom stereocenters. The number of anilines is 1. The van der Waals surface area contributed by atoms with Crippen LogP contribution in [0.2, 0.25) is 0 Å². The number of hydrogen-bond acceptors (Lipinski definition) is 4. The molecule has 3 N–H and O–H groups in total. The van der Waals surface area contributed by atoms with Crippen LogP contribution in [0.5, 0.6) is 5.75 Å². The second kappa shape index (κ2) is 6.89. The summed E-state index contributed by atoms with van der Waals surface area (Å²) in [4.78, 5) is 7.98. The fourth-order valence-electron chi connectivity index (χ4n) is 4.57. The third kappa shape index (κ3) is 3.24. The van der Waals surface area contributed by atoms with Crippen molar-refractivity contribution in [1.82, 2.24) is 4.90 Å². The molecule has 24 heavy (non-hydrogen) atoms. The first kappa shape index (κ1) is 16.2. The molecule has 1 saturated heterocycles. The topological polar surface area (TPSA) is 50.5 Å². The zero-order valence-corrected chi connectivity index (χ0v) is 14.3. The molecular weight excluding hydrogens is 305 g/mol. The number of nitrogens with one attached hydrogen (secondary N) is 1. The minimum absolute atomic E-state index is 0.204. The van der Waals surface area contributed by atoms with E-state index in [-0.39, 0.29) is 5.82 Å². The van der Waals surface area contributed by atoms with Gasteiger partial charge in [-0.3, -0.25) is 0 Å². The predicted octanol–water partition coefficient (Wildman–Crippen LogP) is 3.63. The first-order valence-electron chi connectivity index (χ1n) is 9.44. The van der Waals surface area contributed by atoms with Gasteiger partial charge in [0.15, 0.2) is 5.75 Å². The Bertz CT molecular complexity index is 578. The first-order chi connectivity index (χ1) is 11.7. The molecule has 1 aliphatic carbocycles. The third-order valence-electron chi connectivity index (χ3n) is 6.16. The van der Waals surface area contributed by atoms with Crippen molar-refractivity contribution in [2.45, 2.75) is 56.9 Å². The van der Waals surface area contributed by atoms with Crippen LogP contribution in [-0.4, -0.2) is 30.6 Å². The van der Waals surface area contributed by atoms with Gasteiger partial charge in [-0.2, -0.15) is 0 Å².